The summed E-state index contributed by atoms with van der Waals surface area (Å²) in [4.78, 5) is 26.0. The van der Waals surface area contributed by atoms with E-state index in [0.717, 1.165) is 41.0 Å². The average Bonchev–Trinajstić information content (AvgIpc) is 3.28. The van der Waals surface area contributed by atoms with Gasteiger partial charge in [-0.05, 0) is 43.2 Å². The molecule has 3 aromatic heterocycles. The van der Waals surface area contributed by atoms with Crippen LogP contribution in [0.5, 0.6) is 5.75 Å². The molecule has 0 bridgehead atoms. The largest absolute Gasteiger partial charge is 0.489 e. The second-order valence-corrected chi connectivity index (χ2v) is 9.15. The van der Waals surface area contributed by atoms with Gasteiger partial charge in [0.2, 0.25) is 0 Å². The zero-order valence-corrected chi connectivity index (χ0v) is 20.2. The lowest BCUT2D eigenvalue weighted by Crippen LogP contribution is -2.14. The molecule has 5 aromatic rings. The van der Waals surface area contributed by atoms with Crippen molar-refractivity contribution in [2.75, 3.05) is 11.1 Å². The van der Waals surface area contributed by atoms with Crippen molar-refractivity contribution >= 4 is 22.9 Å². The minimum absolute atomic E-state index is 0.220. The van der Waals surface area contributed by atoms with E-state index in [1.807, 2.05) is 54.7 Å². The SMILES string of the molecule is Nc1nccn2c(C3CCC3)nc(-c3cccc(OCc4ccccc4NC(=O)c4cccnc4)c3)c12. The summed E-state index contributed by atoms with van der Waals surface area (Å²) in [5.41, 5.74) is 10.9. The van der Waals surface area contributed by atoms with E-state index in [4.69, 9.17) is 15.5 Å². The van der Waals surface area contributed by atoms with E-state index in [9.17, 15) is 4.79 Å². The quantitative estimate of drug-likeness (QED) is 0.313. The molecule has 184 valence electrons. The van der Waals surface area contributed by atoms with Crippen LogP contribution in [0.15, 0.2) is 85.5 Å². The van der Waals surface area contributed by atoms with Crippen LogP contribution in [-0.2, 0) is 6.61 Å². The number of pyridine rings is 1. The Hall–Kier alpha value is -4.72. The number of anilines is 2. The molecule has 1 fully saturated rings. The first-order valence-electron chi connectivity index (χ1n) is 12.3. The Balaban J connectivity index is 1.25. The number of nitrogens with one attached hydrogen (secondary N) is 1. The van der Waals surface area contributed by atoms with Crippen molar-refractivity contribution in [2.24, 2.45) is 0 Å². The van der Waals surface area contributed by atoms with Crippen molar-refractivity contribution in [3.63, 3.8) is 0 Å². The molecule has 0 aliphatic heterocycles. The van der Waals surface area contributed by atoms with Crippen molar-refractivity contribution in [3.05, 3.63) is 102 Å². The number of carbonyl (C=O) groups excluding carboxylic acids is 1. The van der Waals surface area contributed by atoms with Gasteiger partial charge in [-0.25, -0.2) is 9.97 Å². The van der Waals surface area contributed by atoms with Gasteiger partial charge in [-0.2, -0.15) is 0 Å². The van der Waals surface area contributed by atoms with Crippen LogP contribution in [0.2, 0.25) is 0 Å². The number of imidazole rings is 1. The van der Waals surface area contributed by atoms with E-state index in [1.54, 1.807) is 24.5 Å². The number of nitrogens with two attached hydrogens (primary N) is 1. The first kappa shape index (κ1) is 22.7. The Kier molecular flexibility index (Phi) is 5.98. The van der Waals surface area contributed by atoms with Gasteiger partial charge >= 0.3 is 0 Å². The van der Waals surface area contributed by atoms with Crippen molar-refractivity contribution in [1.29, 1.82) is 0 Å². The molecular formula is C29H26N6O2. The molecule has 8 nitrogen and oxygen atoms in total. The molecule has 0 radical (unpaired) electrons. The van der Waals surface area contributed by atoms with Crippen LogP contribution >= 0.6 is 0 Å². The first-order valence-corrected chi connectivity index (χ1v) is 12.3. The number of ether oxygens (including phenoxy) is 1. The molecule has 6 rings (SSSR count). The monoisotopic (exact) mass is 490 g/mol. The molecule has 1 aliphatic carbocycles. The first-order chi connectivity index (χ1) is 18.2. The Morgan fingerprint density at radius 3 is 2.78 bits per heavy atom. The molecule has 0 unspecified atom stereocenters. The van der Waals surface area contributed by atoms with E-state index in [2.05, 4.69) is 19.7 Å². The molecular weight excluding hydrogens is 464 g/mol. The fourth-order valence-corrected chi connectivity index (χ4v) is 4.60. The standard InChI is InChI=1S/C29H26N6O2/c30-27-26-25(34-28(19-7-3-8-19)35(26)15-14-32-27)20-9-4-11-23(16-20)37-18-22-6-1-2-12-24(22)33-29(36)21-10-5-13-31-17-21/h1-2,4-6,9-17,19H,3,7-8,18H2,(H2,30,32)(H,33,36). The number of carbonyl (C=O) groups is 1. The topological polar surface area (TPSA) is 107 Å². The van der Waals surface area contributed by atoms with Crippen molar-refractivity contribution < 1.29 is 9.53 Å². The van der Waals surface area contributed by atoms with E-state index < -0.39 is 0 Å². The summed E-state index contributed by atoms with van der Waals surface area (Å²) in [5.74, 6) is 2.42. The van der Waals surface area contributed by atoms with Gasteiger partial charge in [-0.15, -0.1) is 0 Å². The summed E-state index contributed by atoms with van der Waals surface area (Å²) in [5, 5.41) is 2.96. The predicted octanol–water partition coefficient (Wildman–Crippen LogP) is 5.47. The van der Waals surface area contributed by atoms with Crippen LogP contribution < -0.4 is 15.8 Å². The molecule has 1 amide bonds. The highest BCUT2D eigenvalue weighted by Gasteiger charge is 2.27. The number of para-hydroxylation sites is 1. The molecule has 0 spiro atoms. The normalized spacial score (nSPS) is 13.3. The third-order valence-corrected chi connectivity index (χ3v) is 6.77. The lowest BCUT2D eigenvalue weighted by atomic mass is 9.85. The summed E-state index contributed by atoms with van der Waals surface area (Å²) in [6, 6.07) is 18.9. The summed E-state index contributed by atoms with van der Waals surface area (Å²) in [7, 11) is 0. The van der Waals surface area contributed by atoms with E-state index in [-0.39, 0.29) is 12.5 Å². The third kappa shape index (κ3) is 4.49. The van der Waals surface area contributed by atoms with Gasteiger partial charge in [0, 0.05) is 47.5 Å². The number of rotatable bonds is 7. The van der Waals surface area contributed by atoms with Gasteiger partial charge in [-0.1, -0.05) is 36.8 Å². The van der Waals surface area contributed by atoms with Gasteiger partial charge in [0.05, 0.1) is 5.56 Å². The van der Waals surface area contributed by atoms with Gasteiger partial charge in [0.1, 0.15) is 35.2 Å². The van der Waals surface area contributed by atoms with Gasteiger partial charge in [-0.3, -0.25) is 14.2 Å². The Bertz CT molecular complexity index is 1580. The minimum atomic E-state index is -0.220. The highest BCUT2D eigenvalue weighted by molar-refractivity contribution is 6.04. The molecule has 8 heteroatoms. The second-order valence-electron chi connectivity index (χ2n) is 9.15. The maximum absolute atomic E-state index is 12.6. The summed E-state index contributed by atoms with van der Waals surface area (Å²) in [6.45, 7) is 0.286. The van der Waals surface area contributed by atoms with Crippen LogP contribution in [0.4, 0.5) is 11.5 Å². The molecule has 37 heavy (non-hydrogen) atoms. The average molecular weight is 491 g/mol. The zero-order valence-electron chi connectivity index (χ0n) is 20.2. The van der Waals surface area contributed by atoms with E-state index in [0.29, 0.717) is 28.7 Å². The number of amides is 1. The number of aromatic nitrogens is 4. The van der Waals surface area contributed by atoms with E-state index in [1.165, 1.54) is 12.6 Å². The van der Waals surface area contributed by atoms with Crippen LogP contribution in [0.1, 0.15) is 46.9 Å². The Morgan fingerprint density at radius 1 is 1.08 bits per heavy atom. The maximum Gasteiger partial charge on any atom is 0.257 e. The van der Waals surface area contributed by atoms with Crippen LogP contribution in [0, 0.1) is 0 Å². The molecule has 3 N–H and O–H groups in total. The third-order valence-electron chi connectivity index (χ3n) is 6.77. The maximum atomic E-state index is 12.6. The smallest absolute Gasteiger partial charge is 0.257 e. The fraction of sp³-hybridized carbons (Fsp3) is 0.172. The highest BCUT2D eigenvalue weighted by atomic mass is 16.5. The zero-order chi connectivity index (χ0) is 25.2. The molecule has 0 saturated heterocycles. The Labute approximate surface area is 214 Å². The summed E-state index contributed by atoms with van der Waals surface area (Å²) < 4.78 is 8.25. The molecule has 3 heterocycles. The van der Waals surface area contributed by atoms with Gasteiger partial charge < -0.3 is 15.8 Å². The number of nitrogens with zero attached hydrogens (tertiary/aromatic N) is 4. The molecule has 1 aliphatic rings. The Morgan fingerprint density at radius 2 is 1.97 bits per heavy atom. The highest BCUT2D eigenvalue weighted by Crippen LogP contribution is 2.39. The number of fused-ring (bicyclic) bond motifs is 1. The predicted molar refractivity (Wildman–Crippen MR) is 142 cm³/mol. The van der Waals surface area contributed by atoms with Crippen molar-refractivity contribution in [2.45, 2.75) is 31.8 Å². The van der Waals surface area contributed by atoms with Gasteiger partial charge in [0.15, 0.2) is 0 Å². The summed E-state index contributed by atoms with van der Waals surface area (Å²) in [6.07, 6.45) is 10.3. The fourth-order valence-electron chi connectivity index (χ4n) is 4.60. The van der Waals surface area contributed by atoms with Crippen LogP contribution in [-0.4, -0.2) is 25.3 Å². The lowest BCUT2D eigenvalue weighted by molar-refractivity contribution is 0.102. The number of hydrogen-bond acceptors (Lipinski definition) is 6. The number of hydrogen-bond donors (Lipinski definition) is 2. The van der Waals surface area contributed by atoms with Crippen LogP contribution in [0.25, 0.3) is 16.8 Å². The summed E-state index contributed by atoms with van der Waals surface area (Å²) >= 11 is 0. The molecule has 1 saturated carbocycles. The second kappa shape index (κ2) is 9.73. The van der Waals surface area contributed by atoms with Gasteiger partial charge in [0.25, 0.3) is 5.91 Å². The van der Waals surface area contributed by atoms with Crippen LogP contribution in [0.3, 0.4) is 0 Å². The molecule has 0 atom stereocenters. The number of nitrogen functional groups attached to an aromatic ring is 1. The van der Waals surface area contributed by atoms with E-state index >= 15 is 0 Å². The van der Waals surface area contributed by atoms with Crippen molar-refractivity contribution in [3.8, 4) is 17.0 Å². The molecule has 2 aromatic carbocycles. The lowest BCUT2D eigenvalue weighted by Gasteiger charge is -2.23. The van der Waals surface area contributed by atoms with Crippen molar-refractivity contribution in [1.82, 2.24) is 19.4 Å². The number of benzene rings is 2. The minimum Gasteiger partial charge on any atom is -0.489 e.